The Labute approximate surface area is 203 Å². The van der Waals surface area contributed by atoms with Crippen molar-refractivity contribution in [2.24, 2.45) is 7.05 Å². The quantitative estimate of drug-likeness (QED) is 0.652. The lowest BCUT2D eigenvalue weighted by Crippen LogP contribution is -2.52. The van der Waals surface area contributed by atoms with Crippen LogP contribution in [0.15, 0.2) is 18.2 Å². The Bertz CT molecular complexity index is 1160. The van der Waals surface area contributed by atoms with Crippen LogP contribution in [0.1, 0.15) is 45.2 Å². The van der Waals surface area contributed by atoms with Gasteiger partial charge >= 0.3 is 6.09 Å². The number of hydrogen-bond donors (Lipinski definition) is 1. The smallest absolute Gasteiger partial charge is 0.410 e. The summed E-state index contributed by atoms with van der Waals surface area (Å²) in [4.78, 5) is 52.2. The first-order chi connectivity index (χ1) is 16.5. The number of piperazine rings is 1. The lowest BCUT2D eigenvalue weighted by atomic mass is 9.93. The molecule has 1 aromatic heterocycles. The molecule has 2 fully saturated rings. The number of piperidine rings is 1. The number of nitrogens with one attached hydrogen (secondary N) is 1. The summed E-state index contributed by atoms with van der Waals surface area (Å²) in [7, 11) is 1.75. The molecule has 1 aromatic carbocycles. The van der Waals surface area contributed by atoms with Gasteiger partial charge in [-0.15, -0.1) is 0 Å². The molecule has 1 N–H and O–H groups in total. The van der Waals surface area contributed by atoms with E-state index in [0.29, 0.717) is 49.6 Å². The average molecular weight is 486 g/mol. The van der Waals surface area contributed by atoms with E-state index in [1.807, 2.05) is 26.8 Å². The van der Waals surface area contributed by atoms with Crippen molar-refractivity contribution in [3.05, 3.63) is 23.9 Å². The van der Waals surface area contributed by atoms with Gasteiger partial charge in [-0.25, -0.2) is 4.79 Å². The molecule has 0 bridgehead atoms. The summed E-state index contributed by atoms with van der Waals surface area (Å²) < 4.78 is 12.9. The van der Waals surface area contributed by atoms with Crippen LogP contribution in [0.2, 0.25) is 0 Å². The molecule has 188 valence electrons. The van der Waals surface area contributed by atoms with E-state index in [1.54, 1.807) is 33.7 Å². The van der Waals surface area contributed by atoms with Gasteiger partial charge in [-0.3, -0.25) is 24.4 Å². The fourth-order valence-corrected chi connectivity index (χ4v) is 4.35. The Morgan fingerprint density at radius 3 is 2.46 bits per heavy atom. The van der Waals surface area contributed by atoms with Crippen LogP contribution in [-0.4, -0.2) is 81.8 Å². The van der Waals surface area contributed by atoms with Crippen molar-refractivity contribution in [2.45, 2.75) is 45.1 Å². The molecule has 4 rings (SSSR count). The first kappa shape index (κ1) is 24.5. The second kappa shape index (κ2) is 9.55. The number of carbonyl (C=O) groups excluding carboxylic acids is 4. The lowest BCUT2D eigenvalue weighted by Gasteiger charge is -2.35. The minimum absolute atomic E-state index is 0.162. The molecule has 3 heterocycles. The second-order valence-electron chi connectivity index (χ2n) is 9.80. The van der Waals surface area contributed by atoms with Crippen molar-refractivity contribution in [1.29, 1.82) is 0 Å². The second-order valence-corrected chi connectivity index (χ2v) is 9.80. The number of nitrogens with zero attached hydrogens (tertiary/aromatic N) is 4. The highest BCUT2D eigenvalue weighted by Crippen LogP contribution is 2.34. The SMILES string of the molecule is Cn1nc(C2CCC(=O)NC2=O)c2cccc(OCC(=O)N3CCN(C(=O)OC(C)(C)C)CC3)c21. The van der Waals surface area contributed by atoms with Crippen LogP contribution in [0.5, 0.6) is 5.75 Å². The van der Waals surface area contributed by atoms with E-state index < -0.39 is 11.5 Å². The Kier molecular flexibility index (Phi) is 6.68. The number of aromatic nitrogens is 2. The van der Waals surface area contributed by atoms with Gasteiger partial charge in [0.25, 0.3) is 5.91 Å². The van der Waals surface area contributed by atoms with Crippen LogP contribution < -0.4 is 10.1 Å². The zero-order chi connectivity index (χ0) is 25.3. The van der Waals surface area contributed by atoms with Crippen molar-refractivity contribution in [3.8, 4) is 5.75 Å². The summed E-state index contributed by atoms with van der Waals surface area (Å²) in [5.74, 6) is -0.848. The summed E-state index contributed by atoms with van der Waals surface area (Å²) in [6.45, 7) is 6.88. The number of carbonyl (C=O) groups is 4. The molecular formula is C24H31N5O6. The predicted molar refractivity (Wildman–Crippen MR) is 126 cm³/mol. The fraction of sp³-hybridized carbons (Fsp3) is 0.542. The van der Waals surface area contributed by atoms with Crippen LogP contribution in [0, 0.1) is 0 Å². The number of rotatable bonds is 4. The van der Waals surface area contributed by atoms with Gasteiger partial charge in [-0.05, 0) is 33.3 Å². The van der Waals surface area contributed by atoms with Gasteiger partial charge in [0.1, 0.15) is 16.9 Å². The molecule has 0 aliphatic carbocycles. The third-order valence-corrected chi connectivity index (χ3v) is 6.06. The summed E-state index contributed by atoms with van der Waals surface area (Å²) >= 11 is 0. The Morgan fingerprint density at radius 2 is 1.80 bits per heavy atom. The number of benzene rings is 1. The Hall–Kier alpha value is -3.63. The minimum atomic E-state index is -0.567. The third-order valence-electron chi connectivity index (χ3n) is 6.06. The Morgan fingerprint density at radius 1 is 1.11 bits per heavy atom. The van der Waals surface area contributed by atoms with E-state index in [-0.39, 0.29) is 36.8 Å². The van der Waals surface area contributed by atoms with Gasteiger partial charge in [0.2, 0.25) is 11.8 Å². The maximum atomic E-state index is 12.8. The summed E-state index contributed by atoms with van der Waals surface area (Å²) in [6.07, 6.45) is 0.284. The van der Waals surface area contributed by atoms with Crippen molar-refractivity contribution in [1.82, 2.24) is 24.9 Å². The van der Waals surface area contributed by atoms with Crippen LogP contribution in [0.3, 0.4) is 0 Å². The summed E-state index contributed by atoms with van der Waals surface area (Å²) in [5.41, 5.74) is 0.695. The van der Waals surface area contributed by atoms with E-state index in [1.165, 1.54) is 0 Å². The number of para-hydroxylation sites is 1. The van der Waals surface area contributed by atoms with Crippen molar-refractivity contribution in [2.75, 3.05) is 32.8 Å². The molecule has 0 saturated carbocycles. The molecule has 2 aromatic rings. The standard InChI is InChI=1S/C24H31N5O6/c1-24(2,3)35-23(33)29-12-10-28(11-13-29)19(31)14-34-17-7-5-6-15-20(26-27(4)21(15)17)16-8-9-18(30)25-22(16)32/h5-7,16H,8-14H2,1-4H3,(H,25,30,32). The zero-order valence-electron chi connectivity index (χ0n) is 20.5. The Balaban J connectivity index is 1.40. The highest BCUT2D eigenvalue weighted by atomic mass is 16.6. The highest BCUT2D eigenvalue weighted by molar-refractivity contribution is 6.03. The molecule has 0 radical (unpaired) electrons. The molecule has 2 aliphatic rings. The van der Waals surface area contributed by atoms with Crippen LogP contribution in [0.25, 0.3) is 10.9 Å². The number of aryl methyl sites for hydroxylation is 1. The fourth-order valence-electron chi connectivity index (χ4n) is 4.35. The molecular weight excluding hydrogens is 454 g/mol. The topological polar surface area (TPSA) is 123 Å². The number of hydrogen-bond acceptors (Lipinski definition) is 7. The average Bonchev–Trinajstić information content (AvgIpc) is 3.13. The summed E-state index contributed by atoms with van der Waals surface area (Å²) in [5, 5.41) is 7.66. The lowest BCUT2D eigenvalue weighted by molar-refractivity contribution is -0.135. The number of fused-ring (bicyclic) bond motifs is 1. The highest BCUT2D eigenvalue weighted by Gasteiger charge is 2.32. The van der Waals surface area contributed by atoms with Crippen molar-refractivity contribution >= 4 is 34.7 Å². The van der Waals surface area contributed by atoms with Crippen LogP contribution >= 0.6 is 0 Å². The van der Waals surface area contributed by atoms with Crippen LogP contribution in [0.4, 0.5) is 4.79 Å². The number of imide groups is 1. The normalized spacial score (nSPS) is 19.0. The van der Waals surface area contributed by atoms with Gasteiger partial charge in [-0.2, -0.15) is 5.10 Å². The largest absolute Gasteiger partial charge is 0.481 e. The van der Waals surface area contributed by atoms with Gasteiger partial charge in [-0.1, -0.05) is 12.1 Å². The molecule has 11 heteroatoms. The van der Waals surface area contributed by atoms with Gasteiger partial charge in [0, 0.05) is 45.0 Å². The van der Waals surface area contributed by atoms with Crippen molar-refractivity contribution in [3.63, 3.8) is 0 Å². The molecule has 2 aliphatic heterocycles. The van der Waals surface area contributed by atoms with E-state index >= 15 is 0 Å². The molecule has 1 atom stereocenters. The predicted octanol–water partition coefficient (Wildman–Crippen LogP) is 1.55. The first-order valence-electron chi connectivity index (χ1n) is 11.7. The third kappa shape index (κ3) is 5.39. The number of amides is 4. The minimum Gasteiger partial charge on any atom is -0.481 e. The van der Waals surface area contributed by atoms with E-state index in [4.69, 9.17) is 9.47 Å². The van der Waals surface area contributed by atoms with Gasteiger partial charge in [0.15, 0.2) is 6.61 Å². The zero-order valence-corrected chi connectivity index (χ0v) is 20.5. The van der Waals surface area contributed by atoms with E-state index in [0.717, 1.165) is 5.39 Å². The van der Waals surface area contributed by atoms with Crippen LogP contribution in [-0.2, 0) is 26.2 Å². The molecule has 35 heavy (non-hydrogen) atoms. The summed E-state index contributed by atoms with van der Waals surface area (Å²) in [6, 6.07) is 5.40. The number of ether oxygens (including phenoxy) is 2. The molecule has 2 saturated heterocycles. The molecule has 0 spiro atoms. The van der Waals surface area contributed by atoms with Gasteiger partial charge < -0.3 is 19.3 Å². The van der Waals surface area contributed by atoms with Crippen molar-refractivity contribution < 1.29 is 28.7 Å². The molecule has 1 unspecified atom stereocenters. The monoisotopic (exact) mass is 485 g/mol. The maximum absolute atomic E-state index is 12.8. The molecule has 4 amide bonds. The van der Waals surface area contributed by atoms with E-state index in [9.17, 15) is 19.2 Å². The van der Waals surface area contributed by atoms with E-state index in [2.05, 4.69) is 10.4 Å². The maximum Gasteiger partial charge on any atom is 0.410 e. The van der Waals surface area contributed by atoms with Gasteiger partial charge in [0.05, 0.1) is 11.6 Å². The first-order valence-corrected chi connectivity index (χ1v) is 11.7. The molecule has 11 nitrogen and oxygen atoms in total.